The standard InChI is InChI=1S/C13H24N4O/c1-4-6-14-13(12-5-7-18-10(12)2)8-11-9-17(3)16-15-11/h9-10,12-14H,4-8H2,1-3H3. The lowest BCUT2D eigenvalue weighted by Gasteiger charge is -2.26. The van der Waals surface area contributed by atoms with E-state index in [2.05, 4.69) is 29.5 Å². The molecule has 0 aliphatic carbocycles. The maximum absolute atomic E-state index is 5.69. The summed E-state index contributed by atoms with van der Waals surface area (Å²) in [5.41, 5.74) is 1.06. The first-order chi connectivity index (χ1) is 8.70. The fourth-order valence-electron chi connectivity index (χ4n) is 2.70. The third-order valence-corrected chi connectivity index (χ3v) is 3.69. The van der Waals surface area contributed by atoms with Crippen molar-refractivity contribution >= 4 is 0 Å². The summed E-state index contributed by atoms with van der Waals surface area (Å²) in [6.07, 6.45) is 5.57. The average Bonchev–Trinajstić information content (AvgIpc) is 2.93. The summed E-state index contributed by atoms with van der Waals surface area (Å²) >= 11 is 0. The van der Waals surface area contributed by atoms with Gasteiger partial charge in [-0.2, -0.15) is 0 Å². The molecule has 102 valence electrons. The van der Waals surface area contributed by atoms with E-state index >= 15 is 0 Å². The first-order valence-corrected chi connectivity index (χ1v) is 6.91. The molecular formula is C13H24N4O. The molecule has 0 bridgehead atoms. The Morgan fingerprint density at radius 3 is 3.00 bits per heavy atom. The summed E-state index contributed by atoms with van der Waals surface area (Å²) in [7, 11) is 1.91. The van der Waals surface area contributed by atoms with Crippen molar-refractivity contribution < 1.29 is 4.74 Å². The van der Waals surface area contributed by atoms with Crippen LogP contribution in [0.15, 0.2) is 6.20 Å². The van der Waals surface area contributed by atoms with E-state index < -0.39 is 0 Å². The molecule has 18 heavy (non-hydrogen) atoms. The Bertz CT molecular complexity index is 366. The molecular weight excluding hydrogens is 228 g/mol. The fraction of sp³-hybridized carbons (Fsp3) is 0.846. The largest absolute Gasteiger partial charge is 0.378 e. The Morgan fingerprint density at radius 2 is 2.44 bits per heavy atom. The number of ether oxygens (including phenoxy) is 1. The molecule has 0 spiro atoms. The molecule has 1 aliphatic heterocycles. The maximum atomic E-state index is 5.69. The number of aromatic nitrogens is 3. The molecule has 1 aromatic rings. The lowest BCUT2D eigenvalue weighted by molar-refractivity contribution is 0.0952. The highest BCUT2D eigenvalue weighted by atomic mass is 16.5. The van der Waals surface area contributed by atoms with Crippen LogP contribution in [0.5, 0.6) is 0 Å². The summed E-state index contributed by atoms with van der Waals surface area (Å²) in [4.78, 5) is 0. The molecule has 1 saturated heterocycles. The Hall–Kier alpha value is -0.940. The van der Waals surface area contributed by atoms with Gasteiger partial charge in [-0.05, 0) is 26.3 Å². The summed E-state index contributed by atoms with van der Waals surface area (Å²) in [5.74, 6) is 0.582. The van der Waals surface area contributed by atoms with E-state index in [-0.39, 0.29) is 0 Å². The zero-order chi connectivity index (χ0) is 13.0. The quantitative estimate of drug-likeness (QED) is 0.825. The summed E-state index contributed by atoms with van der Waals surface area (Å²) < 4.78 is 7.45. The van der Waals surface area contributed by atoms with Crippen LogP contribution < -0.4 is 5.32 Å². The molecule has 0 amide bonds. The second-order valence-electron chi connectivity index (χ2n) is 5.18. The van der Waals surface area contributed by atoms with Crippen molar-refractivity contribution in [2.75, 3.05) is 13.2 Å². The first kappa shape index (κ1) is 13.5. The van der Waals surface area contributed by atoms with Gasteiger partial charge in [0.05, 0.1) is 11.8 Å². The lowest BCUT2D eigenvalue weighted by Crippen LogP contribution is -2.41. The minimum absolute atomic E-state index is 0.344. The van der Waals surface area contributed by atoms with Gasteiger partial charge in [0.25, 0.3) is 0 Å². The van der Waals surface area contributed by atoms with Gasteiger partial charge in [0.2, 0.25) is 0 Å². The van der Waals surface area contributed by atoms with Crippen LogP contribution in [0.4, 0.5) is 0 Å². The predicted molar refractivity (Wildman–Crippen MR) is 70.3 cm³/mol. The molecule has 3 atom stereocenters. The Labute approximate surface area is 109 Å². The number of nitrogens with one attached hydrogen (secondary N) is 1. The van der Waals surface area contributed by atoms with Crippen molar-refractivity contribution in [3.63, 3.8) is 0 Å². The minimum atomic E-state index is 0.344. The summed E-state index contributed by atoms with van der Waals surface area (Å²) in [6, 6.07) is 0.444. The molecule has 3 unspecified atom stereocenters. The lowest BCUT2D eigenvalue weighted by atomic mass is 9.90. The van der Waals surface area contributed by atoms with Crippen LogP contribution >= 0.6 is 0 Å². The van der Waals surface area contributed by atoms with E-state index in [1.807, 2.05) is 13.2 Å². The molecule has 0 radical (unpaired) electrons. The smallest absolute Gasteiger partial charge is 0.0842 e. The molecule has 2 rings (SSSR count). The van der Waals surface area contributed by atoms with E-state index in [1.165, 1.54) is 0 Å². The third-order valence-electron chi connectivity index (χ3n) is 3.69. The zero-order valence-corrected chi connectivity index (χ0v) is 11.6. The number of hydrogen-bond acceptors (Lipinski definition) is 4. The Kier molecular flexibility index (Phi) is 4.72. The van der Waals surface area contributed by atoms with Crippen LogP contribution in [0, 0.1) is 5.92 Å². The van der Waals surface area contributed by atoms with Gasteiger partial charge < -0.3 is 10.1 Å². The SMILES string of the molecule is CCCNC(Cc1cn(C)nn1)C1CCOC1C. The first-order valence-electron chi connectivity index (χ1n) is 6.91. The van der Waals surface area contributed by atoms with Crippen molar-refractivity contribution in [2.45, 2.75) is 45.3 Å². The highest BCUT2D eigenvalue weighted by molar-refractivity contribution is 4.99. The predicted octanol–water partition coefficient (Wildman–Crippen LogP) is 1.15. The minimum Gasteiger partial charge on any atom is -0.378 e. The fourth-order valence-corrected chi connectivity index (χ4v) is 2.70. The van der Waals surface area contributed by atoms with Crippen molar-refractivity contribution in [3.8, 4) is 0 Å². The van der Waals surface area contributed by atoms with Crippen LogP contribution in [-0.4, -0.2) is 40.3 Å². The van der Waals surface area contributed by atoms with E-state index in [9.17, 15) is 0 Å². The van der Waals surface area contributed by atoms with Crippen molar-refractivity contribution in [1.29, 1.82) is 0 Å². The van der Waals surface area contributed by atoms with Gasteiger partial charge in [-0.25, -0.2) is 0 Å². The molecule has 2 heterocycles. The molecule has 5 nitrogen and oxygen atoms in total. The second kappa shape index (κ2) is 6.29. The number of hydrogen-bond donors (Lipinski definition) is 1. The van der Waals surface area contributed by atoms with Crippen LogP contribution in [0.2, 0.25) is 0 Å². The summed E-state index contributed by atoms with van der Waals surface area (Å²) in [5, 5.41) is 11.8. The maximum Gasteiger partial charge on any atom is 0.0842 e. The van der Waals surface area contributed by atoms with Crippen LogP contribution in [0.3, 0.4) is 0 Å². The molecule has 1 aromatic heterocycles. The number of rotatable bonds is 6. The summed E-state index contributed by atoms with van der Waals surface area (Å²) in [6.45, 7) is 6.31. The van der Waals surface area contributed by atoms with Gasteiger partial charge >= 0.3 is 0 Å². The Morgan fingerprint density at radius 1 is 1.61 bits per heavy atom. The van der Waals surface area contributed by atoms with E-state index in [4.69, 9.17) is 4.74 Å². The highest BCUT2D eigenvalue weighted by Crippen LogP contribution is 2.25. The molecule has 1 fully saturated rings. The molecule has 1 aliphatic rings. The number of nitrogens with zero attached hydrogens (tertiary/aromatic N) is 3. The van der Waals surface area contributed by atoms with Gasteiger partial charge in [0.1, 0.15) is 0 Å². The van der Waals surface area contributed by atoms with E-state index in [0.717, 1.165) is 38.1 Å². The van der Waals surface area contributed by atoms with Crippen LogP contribution in [0.25, 0.3) is 0 Å². The van der Waals surface area contributed by atoms with Crippen molar-refractivity contribution in [3.05, 3.63) is 11.9 Å². The number of aryl methyl sites for hydroxylation is 1. The highest BCUT2D eigenvalue weighted by Gasteiger charge is 2.31. The van der Waals surface area contributed by atoms with Crippen LogP contribution in [0.1, 0.15) is 32.4 Å². The van der Waals surface area contributed by atoms with Gasteiger partial charge in [-0.1, -0.05) is 12.1 Å². The average molecular weight is 252 g/mol. The van der Waals surface area contributed by atoms with Crippen molar-refractivity contribution in [2.24, 2.45) is 13.0 Å². The van der Waals surface area contributed by atoms with Gasteiger partial charge in [0.15, 0.2) is 0 Å². The molecule has 1 N–H and O–H groups in total. The van der Waals surface area contributed by atoms with Gasteiger partial charge in [0, 0.05) is 38.2 Å². The van der Waals surface area contributed by atoms with E-state index in [0.29, 0.717) is 18.1 Å². The molecule has 5 heteroatoms. The molecule has 0 aromatic carbocycles. The zero-order valence-electron chi connectivity index (χ0n) is 11.6. The topological polar surface area (TPSA) is 52.0 Å². The third kappa shape index (κ3) is 3.29. The monoisotopic (exact) mass is 252 g/mol. The van der Waals surface area contributed by atoms with Crippen LogP contribution in [-0.2, 0) is 18.2 Å². The second-order valence-corrected chi connectivity index (χ2v) is 5.18. The van der Waals surface area contributed by atoms with E-state index in [1.54, 1.807) is 4.68 Å². The van der Waals surface area contributed by atoms with Crippen molar-refractivity contribution in [1.82, 2.24) is 20.3 Å². The van der Waals surface area contributed by atoms with Gasteiger partial charge in [-0.3, -0.25) is 4.68 Å². The Balaban J connectivity index is 2.00. The normalized spacial score (nSPS) is 25.5. The van der Waals surface area contributed by atoms with Gasteiger partial charge in [-0.15, -0.1) is 5.10 Å². The molecule has 0 saturated carbocycles.